The number of benzene rings is 1. The molecule has 1 aliphatic heterocycles. The van der Waals surface area contributed by atoms with Gasteiger partial charge in [0.05, 0.1) is 17.6 Å². The number of halogens is 3. The van der Waals surface area contributed by atoms with Crippen LogP contribution in [0.3, 0.4) is 0 Å². The highest BCUT2D eigenvalue weighted by Gasteiger charge is 2.28. The van der Waals surface area contributed by atoms with Crippen LogP contribution < -0.4 is 10.1 Å². The molecule has 0 saturated carbocycles. The van der Waals surface area contributed by atoms with E-state index in [9.17, 15) is 9.90 Å². The second-order valence-corrected chi connectivity index (χ2v) is 5.03. The number of hydrogen-bond donors (Lipinski definition) is 2. The van der Waals surface area contributed by atoms with Crippen molar-refractivity contribution < 1.29 is 19.4 Å². The third-order valence-electron chi connectivity index (χ3n) is 2.44. The van der Waals surface area contributed by atoms with Gasteiger partial charge in [0.2, 0.25) is 0 Å². The first-order valence-corrected chi connectivity index (χ1v) is 6.31. The van der Waals surface area contributed by atoms with Crippen molar-refractivity contribution in [3.63, 3.8) is 0 Å². The van der Waals surface area contributed by atoms with Crippen LogP contribution in [-0.4, -0.2) is 24.9 Å². The fourth-order valence-electron chi connectivity index (χ4n) is 1.57. The van der Waals surface area contributed by atoms with Crippen LogP contribution in [0.4, 0.5) is 4.79 Å². The maximum absolute atomic E-state index is 11.0. The Labute approximate surface area is 127 Å². The van der Waals surface area contributed by atoms with E-state index in [-0.39, 0.29) is 30.8 Å². The van der Waals surface area contributed by atoms with E-state index in [2.05, 4.69) is 37.2 Å². The van der Waals surface area contributed by atoms with Crippen LogP contribution in [0, 0.1) is 0 Å². The molecule has 1 heterocycles. The second kappa shape index (κ2) is 5.99. The summed E-state index contributed by atoms with van der Waals surface area (Å²) in [6.45, 7) is 0.248. The SMILES string of the molecule is COc1cc([C@H]2COC(=O)N2)c(Br)c(Br)c1O.Cl. The molecule has 100 valence electrons. The van der Waals surface area contributed by atoms with Crippen molar-refractivity contribution >= 4 is 50.4 Å². The Hall–Kier alpha value is -0.660. The van der Waals surface area contributed by atoms with Gasteiger partial charge in [-0.2, -0.15) is 0 Å². The predicted octanol–water partition coefficient (Wildman–Crippen LogP) is 3.13. The summed E-state index contributed by atoms with van der Waals surface area (Å²) >= 11 is 6.61. The highest BCUT2D eigenvalue weighted by atomic mass is 79.9. The lowest BCUT2D eigenvalue weighted by Gasteiger charge is -2.15. The van der Waals surface area contributed by atoms with Gasteiger partial charge in [0.25, 0.3) is 0 Å². The van der Waals surface area contributed by atoms with Gasteiger partial charge in [-0.15, -0.1) is 12.4 Å². The van der Waals surface area contributed by atoms with Crippen molar-refractivity contribution in [3.05, 3.63) is 20.6 Å². The van der Waals surface area contributed by atoms with Gasteiger partial charge in [0.1, 0.15) is 6.61 Å². The number of carbonyl (C=O) groups is 1. The predicted molar refractivity (Wildman–Crippen MR) is 74.5 cm³/mol. The van der Waals surface area contributed by atoms with Crippen LogP contribution >= 0.6 is 44.3 Å². The van der Waals surface area contributed by atoms with Crippen molar-refractivity contribution in [3.8, 4) is 11.5 Å². The number of ether oxygens (including phenoxy) is 2. The van der Waals surface area contributed by atoms with Gasteiger partial charge in [0.15, 0.2) is 11.5 Å². The van der Waals surface area contributed by atoms with E-state index in [1.165, 1.54) is 7.11 Å². The van der Waals surface area contributed by atoms with E-state index in [0.717, 1.165) is 5.56 Å². The number of cyclic esters (lactones) is 1. The lowest BCUT2D eigenvalue weighted by Crippen LogP contribution is -2.18. The Kier molecular flexibility index (Phi) is 5.12. The number of phenols is 1. The minimum Gasteiger partial charge on any atom is -0.503 e. The van der Waals surface area contributed by atoms with Crippen LogP contribution in [0.1, 0.15) is 11.6 Å². The average molecular weight is 403 g/mol. The average Bonchev–Trinajstić information content (AvgIpc) is 2.73. The summed E-state index contributed by atoms with van der Waals surface area (Å²) in [6.07, 6.45) is -0.454. The van der Waals surface area contributed by atoms with E-state index in [4.69, 9.17) is 9.47 Å². The largest absolute Gasteiger partial charge is 0.503 e. The molecule has 5 nitrogen and oxygen atoms in total. The van der Waals surface area contributed by atoms with Crippen LogP contribution in [0.25, 0.3) is 0 Å². The number of hydrogen-bond acceptors (Lipinski definition) is 4. The third kappa shape index (κ3) is 2.67. The van der Waals surface area contributed by atoms with Crippen molar-refractivity contribution in [2.75, 3.05) is 13.7 Å². The number of amides is 1. The molecule has 1 atom stereocenters. The molecule has 2 N–H and O–H groups in total. The molecular weight excluding hydrogens is 393 g/mol. The summed E-state index contributed by atoms with van der Waals surface area (Å²) in [5.74, 6) is 0.338. The van der Waals surface area contributed by atoms with Crippen molar-refractivity contribution in [1.82, 2.24) is 5.32 Å². The van der Waals surface area contributed by atoms with Gasteiger partial charge < -0.3 is 19.9 Å². The van der Waals surface area contributed by atoms with Crippen LogP contribution in [0.5, 0.6) is 11.5 Å². The molecule has 0 aromatic heterocycles. The van der Waals surface area contributed by atoms with Gasteiger partial charge in [0, 0.05) is 4.47 Å². The fourth-order valence-corrected chi connectivity index (χ4v) is 2.58. The summed E-state index contributed by atoms with van der Waals surface area (Å²) in [6, 6.07) is 1.40. The molecule has 1 amide bonds. The lowest BCUT2D eigenvalue weighted by atomic mass is 10.1. The quantitative estimate of drug-likeness (QED) is 0.796. The first-order valence-electron chi connectivity index (χ1n) is 4.72. The van der Waals surface area contributed by atoms with Crippen molar-refractivity contribution in [2.24, 2.45) is 0 Å². The van der Waals surface area contributed by atoms with Crippen LogP contribution in [-0.2, 0) is 4.74 Å². The van der Waals surface area contributed by atoms with Gasteiger partial charge in [-0.25, -0.2) is 4.79 Å². The first-order chi connectivity index (χ1) is 8.04. The van der Waals surface area contributed by atoms with E-state index >= 15 is 0 Å². The molecule has 1 fully saturated rings. The molecule has 1 aromatic rings. The maximum Gasteiger partial charge on any atom is 0.407 e. The van der Waals surface area contributed by atoms with Gasteiger partial charge in [-0.3, -0.25) is 0 Å². The molecule has 1 aliphatic rings. The lowest BCUT2D eigenvalue weighted by molar-refractivity contribution is 0.177. The number of phenolic OH excluding ortho intramolecular Hbond substituents is 1. The Bertz CT molecular complexity index is 483. The molecule has 0 spiro atoms. The standard InChI is InChI=1S/C10H9Br2NO4.ClH/c1-16-6-2-4(5-3-17-10(15)13-5)7(11)8(12)9(6)14;/h2,5,14H,3H2,1H3,(H,13,15);1H/t5-;/m1./s1. The molecule has 0 radical (unpaired) electrons. The molecular formula is C10H10Br2ClNO4. The van der Waals surface area contributed by atoms with Crippen molar-refractivity contribution in [1.29, 1.82) is 0 Å². The Morgan fingerprint density at radius 2 is 2.17 bits per heavy atom. The van der Waals surface area contributed by atoms with E-state index in [0.29, 0.717) is 14.7 Å². The zero-order valence-electron chi connectivity index (χ0n) is 9.20. The van der Waals surface area contributed by atoms with Gasteiger partial charge in [-0.1, -0.05) is 0 Å². The number of nitrogens with one attached hydrogen (secondary N) is 1. The summed E-state index contributed by atoms with van der Waals surface area (Å²) in [4.78, 5) is 11.0. The Morgan fingerprint density at radius 1 is 1.50 bits per heavy atom. The van der Waals surface area contributed by atoms with E-state index in [1.807, 2.05) is 0 Å². The topological polar surface area (TPSA) is 67.8 Å². The first kappa shape index (κ1) is 15.4. The van der Waals surface area contributed by atoms with Crippen LogP contribution in [0.2, 0.25) is 0 Å². The third-order valence-corrected chi connectivity index (χ3v) is 4.60. The maximum atomic E-state index is 11.0. The number of aromatic hydroxyl groups is 1. The molecule has 0 unspecified atom stereocenters. The highest BCUT2D eigenvalue weighted by Crippen LogP contribution is 2.43. The number of methoxy groups -OCH3 is 1. The Morgan fingerprint density at radius 3 is 2.67 bits per heavy atom. The number of carbonyl (C=O) groups excluding carboxylic acids is 1. The normalized spacial score (nSPS) is 17.7. The molecule has 18 heavy (non-hydrogen) atoms. The smallest absolute Gasteiger partial charge is 0.407 e. The molecule has 1 saturated heterocycles. The second-order valence-electron chi connectivity index (χ2n) is 3.44. The highest BCUT2D eigenvalue weighted by molar-refractivity contribution is 9.13. The zero-order valence-corrected chi connectivity index (χ0v) is 13.2. The monoisotopic (exact) mass is 401 g/mol. The summed E-state index contributed by atoms with van der Waals surface area (Å²) in [5.41, 5.74) is 0.775. The fraction of sp³-hybridized carbons (Fsp3) is 0.300. The van der Waals surface area contributed by atoms with Crippen molar-refractivity contribution in [2.45, 2.75) is 6.04 Å². The summed E-state index contributed by atoms with van der Waals surface area (Å²) in [7, 11) is 1.46. The minimum atomic E-state index is -0.454. The Balaban J connectivity index is 0.00000162. The number of alkyl carbamates (subject to hydrolysis) is 1. The summed E-state index contributed by atoms with van der Waals surface area (Å²) in [5, 5.41) is 12.4. The van der Waals surface area contributed by atoms with Crippen LogP contribution in [0.15, 0.2) is 15.0 Å². The van der Waals surface area contributed by atoms with E-state index in [1.54, 1.807) is 6.07 Å². The van der Waals surface area contributed by atoms with Gasteiger partial charge >= 0.3 is 6.09 Å². The van der Waals surface area contributed by atoms with E-state index < -0.39 is 6.09 Å². The molecule has 0 bridgehead atoms. The number of rotatable bonds is 2. The van der Waals surface area contributed by atoms with Gasteiger partial charge in [-0.05, 0) is 43.5 Å². The molecule has 8 heteroatoms. The summed E-state index contributed by atoms with van der Waals surface area (Å²) < 4.78 is 11.0. The molecule has 1 aromatic carbocycles. The zero-order chi connectivity index (χ0) is 12.6. The molecule has 2 rings (SSSR count). The minimum absolute atomic E-state index is 0. The molecule has 0 aliphatic carbocycles.